The zero-order valence-corrected chi connectivity index (χ0v) is 16.4. The molecule has 8 nitrogen and oxygen atoms in total. The first-order chi connectivity index (χ1) is 14.2. The SMILES string of the molecule is COCc1ncc(-c2ccc(S(=O)(=O)Nc3cc(F)c(C(N)=O)cc3F)cc2)cn1. The van der Waals surface area contributed by atoms with E-state index in [1.54, 1.807) is 12.4 Å². The molecule has 0 aliphatic carbocycles. The molecule has 0 spiro atoms. The molecular weight excluding hydrogens is 418 g/mol. The molecule has 3 N–H and O–H groups in total. The van der Waals surface area contributed by atoms with Crippen LogP contribution in [0.1, 0.15) is 16.2 Å². The molecular formula is C19H16F2N4O4S. The molecule has 0 aliphatic rings. The van der Waals surface area contributed by atoms with E-state index in [0.717, 1.165) is 0 Å². The Morgan fingerprint density at radius 2 is 1.70 bits per heavy atom. The van der Waals surface area contributed by atoms with Crippen LogP contribution in [-0.4, -0.2) is 31.4 Å². The number of amides is 1. The molecule has 3 rings (SSSR count). The second kappa shape index (κ2) is 8.51. The quantitative estimate of drug-likeness (QED) is 0.589. The number of ether oxygens (including phenoxy) is 1. The van der Waals surface area contributed by atoms with Crippen molar-refractivity contribution in [1.82, 2.24) is 9.97 Å². The van der Waals surface area contributed by atoms with Gasteiger partial charge in [0.1, 0.15) is 18.2 Å². The number of nitrogens with two attached hydrogens (primary N) is 1. The average molecular weight is 434 g/mol. The number of halogens is 2. The average Bonchev–Trinajstić information content (AvgIpc) is 2.71. The molecule has 0 aliphatic heterocycles. The Hall–Kier alpha value is -3.44. The van der Waals surface area contributed by atoms with Crippen LogP contribution in [0.25, 0.3) is 11.1 Å². The molecule has 0 unspecified atom stereocenters. The molecule has 0 radical (unpaired) electrons. The van der Waals surface area contributed by atoms with Gasteiger partial charge in [-0.3, -0.25) is 9.52 Å². The van der Waals surface area contributed by atoms with Crippen molar-refractivity contribution in [3.05, 3.63) is 71.8 Å². The van der Waals surface area contributed by atoms with Crippen molar-refractivity contribution in [2.24, 2.45) is 5.73 Å². The van der Waals surface area contributed by atoms with E-state index in [1.807, 2.05) is 4.72 Å². The van der Waals surface area contributed by atoms with E-state index in [4.69, 9.17) is 10.5 Å². The highest BCUT2D eigenvalue weighted by Gasteiger charge is 2.20. The second-order valence-electron chi connectivity index (χ2n) is 6.13. The van der Waals surface area contributed by atoms with E-state index < -0.39 is 38.8 Å². The van der Waals surface area contributed by atoms with Gasteiger partial charge in [0.05, 0.1) is 16.1 Å². The molecule has 1 heterocycles. The van der Waals surface area contributed by atoms with Crippen molar-refractivity contribution >= 4 is 21.6 Å². The molecule has 1 amide bonds. The summed E-state index contributed by atoms with van der Waals surface area (Å²) in [5, 5.41) is 0. The molecule has 0 fully saturated rings. The number of aromatic nitrogens is 2. The molecule has 11 heteroatoms. The van der Waals surface area contributed by atoms with E-state index in [1.165, 1.54) is 31.4 Å². The lowest BCUT2D eigenvalue weighted by Crippen LogP contribution is -2.17. The largest absolute Gasteiger partial charge is 0.377 e. The lowest BCUT2D eigenvalue weighted by molar-refractivity contribution is 0.0996. The van der Waals surface area contributed by atoms with Crippen molar-refractivity contribution in [3.8, 4) is 11.1 Å². The summed E-state index contributed by atoms with van der Waals surface area (Å²) in [6.45, 7) is 0.265. The van der Waals surface area contributed by atoms with Crippen molar-refractivity contribution in [2.45, 2.75) is 11.5 Å². The molecule has 0 bridgehead atoms. The number of benzene rings is 2. The number of primary amides is 1. The van der Waals surface area contributed by atoms with Gasteiger partial charge in [-0.05, 0) is 23.8 Å². The van der Waals surface area contributed by atoms with Crippen LogP contribution >= 0.6 is 0 Å². The first-order valence-electron chi connectivity index (χ1n) is 8.43. The Bertz CT molecular complexity index is 1180. The maximum atomic E-state index is 14.1. The Labute approximate surface area is 170 Å². The number of nitrogens with one attached hydrogen (secondary N) is 1. The number of hydrogen-bond acceptors (Lipinski definition) is 6. The maximum Gasteiger partial charge on any atom is 0.261 e. The van der Waals surface area contributed by atoms with Gasteiger partial charge in [0, 0.05) is 31.1 Å². The number of anilines is 1. The van der Waals surface area contributed by atoms with Gasteiger partial charge in [-0.15, -0.1) is 0 Å². The summed E-state index contributed by atoms with van der Waals surface area (Å²) in [6.07, 6.45) is 3.14. The summed E-state index contributed by atoms with van der Waals surface area (Å²) < 4.78 is 59.9. The second-order valence-corrected chi connectivity index (χ2v) is 7.81. The smallest absolute Gasteiger partial charge is 0.261 e. The lowest BCUT2D eigenvalue weighted by Gasteiger charge is -2.11. The van der Waals surface area contributed by atoms with E-state index in [0.29, 0.717) is 29.1 Å². The summed E-state index contributed by atoms with van der Waals surface area (Å²) in [5.41, 5.74) is 4.91. The number of sulfonamides is 1. The first-order valence-corrected chi connectivity index (χ1v) is 9.91. The van der Waals surface area contributed by atoms with Crippen LogP contribution in [0.2, 0.25) is 0 Å². The van der Waals surface area contributed by atoms with Gasteiger partial charge in [0.25, 0.3) is 15.9 Å². The third-order valence-electron chi connectivity index (χ3n) is 4.04. The van der Waals surface area contributed by atoms with Gasteiger partial charge in [0.15, 0.2) is 5.82 Å². The topological polar surface area (TPSA) is 124 Å². The van der Waals surface area contributed by atoms with Gasteiger partial charge in [0.2, 0.25) is 0 Å². The van der Waals surface area contributed by atoms with Crippen LogP contribution < -0.4 is 10.5 Å². The van der Waals surface area contributed by atoms with Crippen LogP contribution in [0.3, 0.4) is 0 Å². The third-order valence-corrected chi connectivity index (χ3v) is 5.42. The fraction of sp³-hybridized carbons (Fsp3) is 0.105. The number of carbonyl (C=O) groups excluding carboxylic acids is 1. The summed E-state index contributed by atoms with van der Waals surface area (Å²) in [6, 6.07) is 6.73. The Morgan fingerprint density at radius 1 is 1.07 bits per heavy atom. The van der Waals surface area contributed by atoms with Crippen LogP contribution in [0.15, 0.2) is 53.7 Å². The Balaban J connectivity index is 1.83. The molecule has 30 heavy (non-hydrogen) atoms. The van der Waals surface area contributed by atoms with Crippen LogP contribution in [0.4, 0.5) is 14.5 Å². The van der Waals surface area contributed by atoms with Crippen molar-refractivity contribution in [1.29, 1.82) is 0 Å². The zero-order valence-electron chi connectivity index (χ0n) is 15.6. The van der Waals surface area contributed by atoms with Gasteiger partial charge in [-0.2, -0.15) is 0 Å². The standard InChI is InChI=1S/C19H16F2N4O4S/c1-29-10-18-23-8-12(9-24-18)11-2-4-13(5-3-11)30(27,28)25-17-7-15(20)14(19(22)26)6-16(17)21/h2-9,25H,10H2,1H3,(H2,22,26). The minimum atomic E-state index is -4.22. The van der Waals surface area contributed by atoms with Crippen LogP contribution in [0, 0.1) is 11.6 Å². The molecule has 3 aromatic rings. The van der Waals surface area contributed by atoms with Crippen LogP contribution in [0.5, 0.6) is 0 Å². The molecule has 2 aromatic carbocycles. The van der Waals surface area contributed by atoms with Crippen molar-refractivity contribution < 1.29 is 26.7 Å². The highest BCUT2D eigenvalue weighted by molar-refractivity contribution is 7.92. The Kier molecular flexibility index (Phi) is 6.04. The third kappa shape index (κ3) is 4.58. The fourth-order valence-electron chi connectivity index (χ4n) is 2.55. The molecule has 0 atom stereocenters. The van der Waals surface area contributed by atoms with E-state index in [-0.39, 0.29) is 11.5 Å². The Morgan fingerprint density at radius 3 is 2.27 bits per heavy atom. The number of hydrogen-bond donors (Lipinski definition) is 2. The van der Waals surface area contributed by atoms with Gasteiger partial charge in [-0.25, -0.2) is 27.2 Å². The first kappa shape index (κ1) is 21.3. The van der Waals surface area contributed by atoms with E-state index in [9.17, 15) is 22.0 Å². The van der Waals surface area contributed by atoms with Crippen molar-refractivity contribution in [2.75, 3.05) is 11.8 Å². The summed E-state index contributed by atoms with van der Waals surface area (Å²) in [7, 11) is -2.69. The minimum Gasteiger partial charge on any atom is -0.377 e. The van der Waals surface area contributed by atoms with Gasteiger partial charge in [-0.1, -0.05) is 12.1 Å². The lowest BCUT2D eigenvalue weighted by atomic mass is 10.1. The predicted octanol–water partition coefficient (Wildman–Crippen LogP) is 2.47. The fourth-order valence-corrected chi connectivity index (χ4v) is 3.61. The number of carbonyl (C=O) groups is 1. The zero-order chi connectivity index (χ0) is 21.9. The summed E-state index contributed by atoms with van der Waals surface area (Å²) in [4.78, 5) is 19.1. The highest BCUT2D eigenvalue weighted by atomic mass is 32.2. The molecule has 0 saturated heterocycles. The summed E-state index contributed by atoms with van der Waals surface area (Å²) >= 11 is 0. The highest BCUT2D eigenvalue weighted by Crippen LogP contribution is 2.24. The number of rotatable bonds is 7. The molecule has 0 saturated carbocycles. The normalized spacial score (nSPS) is 11.3. The van der Waals surface area contributed by atoms with E-state index in [2.05, 4.69) is 9.97 Å². The molecule has 1 aromatic heterocycles. The van der Waals surface area contributed by atoms with Crippen molar-refractivity contribution in [3.63, 3.8) is 0 Å². The predicted molar refractivity (Wildman–Crippen MR) is 104 cm³/mol. The summed E-state index contributed by atoms with van der Waals surface area (Å²) in [5.74, 6) is -2.95. The van der Waals surface area contributed by atoms with E-state index >= 15 is 0 Å². The monoisotopic (exact) mass is 434 g/mol. The minimum absolute atomic E-state index is 0.179. The van der Waals surface area contributed by atoms with Crippen LogP contribution in [-0.2, 0) is 21.4 Å². The number of methoxy groups -OCH3 is 1. The molecule has 156 valence electrons. The maximum absolute atomic E-state index is 14.1. The van der Waals surface area contributed by atoms with Gasteiger partial charge < -0.3 is 10.5 Å². The van der Waals surface area contributed by atoms with Gasteiger partial charge >= 0.3 is 0 Å². The number of nitrogens with zero attached hydrogens (tertiary/aromatic N) is 2.